The molecule has 0 bridgehead atoms. The summed E-state index contributed by atoms with van der Waals surface area (Å²) in [6.45, 7) is 5.69. The van der Waals surface area contributed by atoms with Crippen molar-refractivity contribution in [3.63, 3.8) is 0 Å². The van der Waals surface area contributed by atoms with Crippen LogP contribution in [0.25, 0.3) is 11.2 Å². The quantitative estimate of drug-likeness (QED) is 0.378. The highest BCUT2D eigenvalue weighted by Gasteiger charge is 2.27. The Hall–Kier alpha value is -4.42. The molecule has 0 spiro atoms. The summed E-state index contributed by atoms with van der Waals surface area (Å²) in [7, 11) is 0. The van der Waals surface area contributed by atoms with Crippen LogP contribution in [0.2, 0.25) is 0 Å². The Morgan fingerprint density at radius 2 is 2.03 bits per heavy atom. The van der Waals surface area contributed by atoms with Crippen molar-refractivity contribution < 1.29 is 8.91 Å². The van der Waals surface area contributed by atoms with E-state index in [-0.39, 0.29) is 11.8 Å². The minimum atomic E-state index is -0.444. The number of fused-ring (bicyclic) bond motifs is 1. The summed E-state index contributed by atoms with van der Waals surface area (Å²) in [6, 6.07) is 5.30. The Labute approximate surface area is 205 Å². The molecule has 5 heterocycles. The summed E-state index contributed by atoms with van der Waals surface area (Å²) in [4.78, 5) is 15.8. The number of benzene rings is 1. The summed E-state index contributed by atoms with van der Waals surface area (Å²) >= 11 is 0. The number of imidazole rings is 1. The maximum Gasteiger partial charge on any atom is 0.324 e. The monoisotopic (exact) mass is 489 g/mol. The van der Waals surface area contributed by atoms with Crippen LogP contribution in [0.5, 0.6) is 0 Å². The number of rotatable bonds is 6. The maximum absolute atomic E-state index is 14.8. The van der Waals surface area contributed by atoms with Crippen molar-refractivity contribution in [1.82, 2.24) is 44.7 Å². The third kappa shape index (κ3) is 4.01. The zero-order chi connectivity index (χ0) is 24.6. The van der Waals surface area contributed by atoms with Crippen LogP contribution in [-0.4, -0.2) is 57.8 Å². The molecule has 5 aromatic rings. The molecule has 1 saturated heterocycles. The second-order valence-electron chi connectivity index (χ2n) is 9.04. The van der Waals surface area contributed by atoms with Gasteiger partial charge in [-0.05, 0) is 35.4 Å². The Morgan fingerprint density at radius 3 is 2.75 bits per heavy atom. The molecule has 0 unspecified atom stereocenters. The van der Waals surface area contributed by atoms with E-state index in [0.717, 1.165) is 43.1 Å². The van der Waals surface area contributed by atoms with Gasteiger partial charge < -0.3 is 14.7 Å². The number of halogens is 1. The molecule has 0 radical (unpaired) electrons. The normalized spacial score (nSPS) is 14.7. The van der Waals surface area contributed by atoms with Gasteiger partial charge in [-0.1, -0.05) is 19.0 Å². The molecule has 1 aliphatic heterocycles. The van der Waals surface area contributed by atoms with E-state index in [4.69, 9.17) is 9.51 Å². The molecule has 1 aliphatic rings. The Morgan fingerprint density at radius 1 is 1.17 bits per heavy atom. The number of hydrogen-bond acceptors (Lipinski definition) is 10. The van der Waals surface area contributed by atoms with Crippen LogP contribution in [0.1, 0.15) is 50.2 Å². The fraction of sp³-hybridized carbons (Fsp3) is 0.348. The number of nitrogens with zero attached hydrogens (tertiary/aromatic N) is 10. The van der Waals surface area contributed by atoms with Crippen molar-refractivity contribution in [1.29, 1.82) is 0 Å². The van der Waals surface area contributed by atoms with E-state index < -0.39 is 5.82 Å². The lowest BCUT2D eigenvalue weighted by atomic mass is 9.96. The molecule has 13 heteroatoms. The molecule has 0 amide bonds. The second kappa shape index (κ2) is 8.98. The molecule has 1 fully saturated rings. The number of anilines is 3. The highest BCUT2D eigenvalue weighted by molar-refractivity contribution is 5.73. The van der Waals surface area contributed by atoms with Gasteiger partial charge in [0, 0.05) is 43.4 Å². The fourth-order valence-electron chi connectivity index (χ4n) is 4.42. The van der Waals surface area contributed by atoms with E-state index in [1.54, 1.807) is 24.5 Å². The number of piperidine rings is 1. The van der Waals surface area contributed by atoms with Crippen LogP contribution in [0.3, 0.4) is 0 Å². The first-order valence-corrected chi connectivity index (χ1v) is 11.8. The van der Waals surface area contributed by atoms with Crippen LogP contribution in [0.15, 0.2) is 47.6 Å². The highest BCUT2D eigenvalue weighted by atomic mass is 19.1. The van der Waals surface area contributed by atoms with Gasteiger partial charge in [0.1, 0.15) is 23.5 Å². The van der Waals surface area contributed by atoms with Gasteiger partial charge in [-0.2, -0.15) is 4.98 Å². The number of hydrogen-bond donors (Lipinski definition) is 1. The van der Waals surface area contributed by atoms with Gasteiger partial charge in [-0.3, -0.25) is 4.40 Å². The van der Waals surface area contributed by atoms with Crippen LogP contribution < -0.4 is 10.2 Å². The number of tetrazole rings is 1. The zero-order valence-corrected chi connectivity index (χ0v) is 19.8. The average Bonchev–Trinajstić information content (AvgIpc) is 3.66. The van der Waals surface area contributed by atoms with Crippen LogP contribution in [0.4, 0.5) is 21.9 Å². The van der Waals surface area contributed by atoms with Gasteiger partial charge in [0.2, 0.25) is 0 Å². The van der Waals surface area contributed by atoms with E-state index in [0.29, 0.717) is 23.2 Å². The molecule has 1 N–H and O–H groups in total. The SMILES string of the molecule is CC(C)c1noc(N2CCC(c3ncc4c(Nc5ccc(-n6cnnn6)cc5F)nccn34)CC2)n1. The van der Waals surface area contributed by atoms with E-state index >= 15 is 0 Å². The van der Waals surface area contributed by atoms with Gasteiger partial charge in [0.05, 0.1) is 17.6 Å². The Kier molecular flexibility index (Phi) is 5.51. The lowest BCUT2D eigenvalue weighted by Gasteiger charge is -2.29. The molecule has 0 aliphatic carbocycles. The van der Waals surface area contributed by atoms with Gasteiger partial charge >= 0.3 is 6.01 Å². The summed E-state index contributed by atoms with van der Waals surface area (Å²) < 4.78 is 23.7. The van der Waals surface area contributed by atoms with Crippen molar-refractivity contribution in [2.24, 2.45) is 0 Å². The predicted molar refractivity (Wildman–Crippen MR) is 128 cm³/mol. The zero-order valence-electron chi connectivity index (χ0n) is 19.8. The van der Waals surface area contributed by atoms with Crippen molar-refractivity contribution in [2.45, 2.75) is 38.5 Å². The van der Waals surface area contributed by atoms with E-state index in [9.17, 15) is 4.39 Å². The van der Waals surface area contributed by atoms with E-state index in [1.165, 1.54) is 17.1 Å². The van der Waals surface area contributed by atoms with E-state index in [1.807, 2.05) is 24.4 Å². The molecule has 36 heavy (non-hydrogen) atoms. The van der Waals surface area contributed by atoms with Crippen LogP contribution >= 0.6 is 0 Å². The number of nitrogens with one attached hydrogen (secondary N) is 1. The molecule has 0 saturated carbocycles. The molecule has 184 valence electrons. The topological polar surface area (TPSA) is 128 Å². The summed E-state index contributed by atoms with van der Waals surface area (Å²) in [5.41, 5.74) is 1.59. The van der Waals surface area contributed by atoms with Crippen molar-refractivity contribution >= 4 is 23.0 Å². The maximum atomic E-state index is 14.8. The first-order chi connectivity index (χ1) is 17.6. The predicted octanol–water partition coefficient (Wildman–Crippen LogP) is 3.48. The Balaban J connectivity index is 1.19. The fourth-order valence-corrected chi connectivity index (χ4v) is 4.42. The van der Waals surface area contributed by atoms with E-state index in [2.05, 4.69) is 40.9 Å². The summed E-state index contributed by atoms with van der Waals surface area (Å²) in [5, 5.41) is 18.1. The lowest BCUT2D eigenvalue weighted by Crippen LogP contribution is -2.33. The smallest absolute Gasteiger partial charge is 0.324 e. The first kappa shape index (κ1) is 22.1. The second-order valence-corrected chi connectivity index (χ2v) is 9.04. The average molecular weight is 490 g/mol. The summed E-state index contributed by atoms with van der Waals surface area (Å²) in [5.74, 6) is 2.25. The first-order valence-electron chi connectivity index (χ1n) is 11.8. The lowest BCUT2D eigenvalue weighted by molar-refractivity contribution is 0.384. The molecule has 1 aromatic carbocycles. The largest absolute Gasteiger partial charge is 0.336 e. The minimum absolute atomic E-state index is 0.227. The Bertz CT molecular complexity index is 1490. The van der Waals surface area contributed by atoms with Gasteiger partial charge in [-0.25, -0.2) is 19.0 Å². The van der Waals surface area contributed by atoms with Gasteiger partial charge in [0.15, 0.2) is 11.6 Å². The number of aromatic nitrogens is 9. The van der Waals surface area contributed by atoms with Crippen LogP contribution in [0, 0.1) is 5.82 Å². The summed E-state index contributed by atoms with van der Waals surface area (Å²) in [6.07, 6.45) is 8.56. The van der Waals surface area contributed by atoms with Crippen molar-refractivity contribution in [3.8, 4) is 5.69 Å². The minimum Gasteiger partial charge on any atom is -0.336 e. The van der Waals surface area contributed by atoms with Gasteiger partial charge in [-0.15, -0.1) is 5.10 Å². The molecule has 4 aromatic heterocycles. The molecule has 6 rings (SSSR count). The standard InChI is InChI=1S/C23H24FN11O/c1-14(2)20-29-23(36-30-20)33-8-5-15(6-9-33)22-26-12-19-21(25-7-10-34(19)22)28-18-4-3-16(11-17(18)24)35-13-27-31-32-35/h3-4,7,10-15H,5-6,8-9H2,1-2H3,(H,25,28). The van der Waals surface area contributed by atoms with Gasteiger partial charge in [0.25, 0.3) is 0 Å². The molecule has 0 atom stereocenters. The highest BCUT2D eigenvalue weighted by Crippen LogP contribution is 2.32. The van der Waals surface area contributed by atoms with Crippen LogP contribution in [-0.2, 0) is 0 Å². The molecular formula is C23H24FN11O. The third-order valence-electron chi connectivity index (χ3n) is 6.38. The molecule has 12 nitrogen and oxygen atoms in total. The molecular weight excluding hydrogens is 465 g/mol. The third-order valence-corrected chi connectivity index (χ3v) is 6.38. The van der Waals surface area contributed by atoms with Crippen molar-refractivity contribution in [3.05, 3.63) is 60.6 Å². The van der Waals surface area contributed by atoms with Crippen molar-refractivity contribution in [2.75, 3.05) is 23.3 Å².